The van der Waals surface area contributed by atoms with Gasteiger partial charge in [-0.1, -0.05) is 6.08 Å². The summed E-state index contributed by atoms with van der Waals surface area (Å²) in [5.41, 5.74) is 2.46. The van der Waals surface area contributed by atoms with Crippen LogP contribution in [-0.4, -0.2) is 24.8 Å². The van der Waals surface area contributed by atoms with Crippen molar-refractivity contribution in [1.82, 2.24) is 14.1 Å². The number of carbonyl (C=O) groups excluding carboxylic acids is 1. The highest BCUT2D eigenvalue weighted by atomic mass is 16.6. The highest BCUT2D eigenvalue weighted by Gasteiger charge is 2.17. The Balaban J connectivity index is 2.22. The van der Waals surface area contributed by atoms with Crippen LogP contribution in [0.25, 0.3) is 0 Å². The monoisotopic (exact) mass is 288 g/mol. The van der Waals surface area contributed by atoms with Crippen molar-refractivity contribution < 1.29 is 9.72 Å². The number of hydrogen-bond donors (Lipinski definition) is 0. The lowest BCUT2D eigenvalue weighted by Gasteiger charge is -2.06. The number of carbonyl (C=O) groups is 1. The Morgan fingerprint density at radius 3 is 2.81 bits per heavy atom. The van der Waals surface area contributed by atoms with E-state index in [1.165, 1.54) is 17.1 Å². The van der Waals surface area contributed by atoms with Crippen molar-refractivity contribution in [1.29, 1.82) is 0 Å². The summed E-state index contributed by atoms with van der Waals surface area (Å²) in [5, 5.41) is 10.6. The average Bonchev–Trinajstić information content (AvgIpc) is 2.99. The van der Waals surface area contributed by atoms with Gasteiger partial charge in [-0.15, -0.1) is 6.58 Å². The van der Waals surface area contributed by atoms with Gasteiger partial charge in [0, 0.05) is 23.5 Å². The maximum absolute atomic E-state index is 12.3. The first-order valence-corrected chi connectivity index (χ1v) is 6.41. The Morgan fingerprint density at radius 1 is 1.52 bits per heavy atom. The number of allylic oxidation sites excluding steroid dienone is 1. The molecular weight excluding hydrogens is 272 g/mol. The maximum Gasteiger partial charge on any atom is 0.381 e. The molecule has 7 heteroatoms. The van der Waals surface area contributed by atoms with Gasteiger partial charge in [-0.05, 0) is 29.8 Å². The molecule has 0 aliphatic carbocycles. The highest BCUT2D eigenvalue weighted by molar-refractivity contribution is 5.97. The fraction of sp³-hybridized carbons (Fsp3) is 0.286. The second kappa shape index (κ2) is 5.74. The largest absolute Gasteiger partial charge is 0.381 e. The quantitative estimate of drug-likeness (QED) is 0.353. The number of nitro groups is 1. The van der Waals surface area contributed by atoms with Crippen LogP contribution in [0.2, 0.25) is 0 Å². The summed E-state index contributed by atoms with van der Waals surface area (Å²) < 4.78 is 3.41. The SMILES string of the molecule is C=CCn1c(C)cc(C(=O)Cn2cnc([N+](=O)[O-])c2)c1C. The predicted molar refractivity (Wildman–Crippen MR) is 77.3 cm³/mol. The summed E-state index contributed by atoms with van der Waals surface area (Å²) in [6.45, 7) is 8.17. The molecule has 2 rings (SSSR count). The molecule has 0 saturated carbocycles. The summed E-state index contributed by atoms with van der Waals surface area (Å²) in [6.07, 6.45) is 4.31. The lowest BCUT2D eigenvalue weighted by Crippen LogP contribution is -2.10. The van der Waals surface area contributed by atoms with Gasteiger partial charge >= 0.3 is 5.82 Å². The van der Waals surface area contributed by atoms with Crippen LogP contribution >= 0.6 is 0 Å². The molecule has 0 amide bonds. The number of rotatable bonds is 6. The molecule has 21 heavy (non-hydrogen) atoms. The van der Waals surface area contributed by atoms with E-state index in [9.17, 15) is 14.9 Å². The van der Waals surface area contributed by atoms with Gasteiger partial charge in [0.2, 0.25) is 6.33 Å². The summed E-state index contributed by atoms with van der Waals surface area (Å²) in [7, 11) is 0. The molecule has 0 aromatic carbocycles. The van der Waals surface area contributed by atoms with Crippen molar-refractivity contribution >= 4 is 11.6 Å². The standard InChI is InChI=1S/C14H16N4O3/c1-4-5-17-10(2)6-12(11(17)3)13(19)7-16-8-14(15-9-16)18(20)21/h4,6,8-9H,1,5,7H2,2-3H3. The minimum atomic E-state index is -0.586. The minimum Gasteiger partial charge on any atom is -0.358 e. The molecule has 0 spiro atoms. The minimum absolute atomic E-state index is 0.0270. The van der Waals surface area contributed by atoms with Crippen molar-refractivity contribution in [3.05, 3.63) is 58.3 Å². The highest BCUT2D eigenvalue weighted by Crippen LogP contribution is 2.17. The van der Waals surface area contributed by atoms with Gasteiger partial charge in [-0.2, -0.15) is 0 Å². The summed E-state index contributed by atoms with van der Waals surface area (Å²) in [4.78, 5) is 25.9. The van der Waals surface area contributed by atoms with E-state index in [4.69, 9.17) is 0 Å². The van der Waals surface area contributed by atoms with Crippen LogP contribution in [-0.2, 0) is 13.1 Å². The van der Waals surface area contributed by atoms with Gasteiger partial charge in [0.1, 0.15) is 6.20 Å². The van der Waals surface area contributed by atoms with Crippen molar-refractivity contribution in [2.24, 2.45) is 0 Å². The molecule has 0 aliphatic rings. The molecule has 0 saturated heterocycles. The average molecular weight is 288 g/mol. The molecule has 0 atom stereocenters. The Morgan fingerprint density at radius 2 is 2.24 bits per heavy atom. The van der Waals surface area contributed by atoms with Crippen LogP contribution in [0.3, 0.4) is 0 Å². The predicted octanol–water partition coefficient (Wildman–Crippen LogP) is 2.28. The van der Waals surface area contributed by atoms with Crippen LogP contribution < -0.4 is 0 Å². The molecule has 2 aromatic rings. The smallest absolute Gasteiger partial charge is 0.358 e. The number of imidazole rings is 1. The number of ketones is 1. The molecule has 0 bridgehead atoms. The third-order valence-corrected chi connectivity index (χ3v) is 3.32. The van der Waals surface area contributed by atoms with Gasteiger partial charge in [-0.3, -0.25) is 4.79 Å². The Labute approximate surface area is 121 Å². The second-order valence-electron chi connectivity index (χ2n) is 4.77. The third kappa shape index (κ3) is 2.91. The van der Waals surface area contributed by atoms with Crippen LogP contribution in [0.1, 0.15) is 21.7 Å². The van der Waals surface area contributed by atoms with Gasteiger partial charge in [0.25, 0.3) is 0 Å². The van der Waals surface area contributed by atoms with Crippen molar-refractivity contribution in [2.45, 2.75) is 26.9 Å². The van der Waals surface area contributed by atoms with E-state index in [1.54, 1.807) is 6.08 Å². The summed E-state index contributed by atoms with van der Waals surface area (Å²) in [5.74, 6) is -0.370. The topological polar surface area (TPSA) is 83.0 Å². The molecule has 110 valence electrons. The second-order valence-corrected chi connectivity index (χ2v) is 4.77. The lowest BCUT2D eigenvalue weighted by atomic mass is 10.1. The van der Waals surface area contributed by atoms with E-state index in [-0.39, 0.29) is 18.1 Å². The van der Waals surface area contributed by atoms with Crippen LogP contribution in [0.15, 0.2) is 31.2 Å². The van der Waals surface area contributed by atoms with E-state index < -0.39 is 4.92 Å². The molecule has 0 N–H and O–H groups in total. The number of aryl methyl sites for hydroxylation is 1. The first-order valence-electron chi connectivity index (χ1n) is 6.41. The normalized spacial score (nSPS) is 10.6. The maximum atomic E-state index is 12.3. The zero-order chi connectivity index (χ0) is 15.6. The van der Waals surface area contributed by atoms with E-state index in [0.29, 0.717) is 12.1 Å². The number of aromatic nitrogens is 3. The summed E-state index contributed by atoms with van der Waals surface area (Å²) >= 11 is 0. The molecule has 2 heterocycles. The fourth-order valence-electron chi connectivity index (χ4n) is 2.27. The van der Waals surface area contributed by atoms with Gasteiger partial charge < -0.3 is 19.2 Å². The van der Waals surface area contributed by atoms with Crippen LogP contribution in [0.4, 0.5) is 5.82 Å². The van der Waals surface area contributed by atoms with Crippen molar-refractivity contribution in [3.63, 3.8) is 0 Å². The van der Waals surface area contributed by atoms with Crippen LogP contribution in [0.5, 0.6) is 0 Å². The van der Waals surface area contributed by atoms with Crippen molar-refractivity contribution in [2.75, 3.05) is 0 Å². The fourth-order valence-corrected chi connectivity index (χ4v) is 2.27. The number of Topliss-reactive ketones (excluding diaryl/α,β-unsaturated/α-hetero) is 1. The van der Waals surface area contributed by atoms with Crippen LogP contribution in [0, 0.1) is 24.0 Å². The van der Waals surface area contributed by atoms with Crippen molar-refractivity contribution in [3.8, 4) is 0 Å². The van der Waals surface area contributed by atoms with Gasteiger partial charge in [0.15, 0.2) is 5.78 Å². The first-order chi connectivity index (χ1) is 9.93. The lowest BCUT2D eigenvalue weighted by molar-refractivity contribution is -0.389. The molecular formula is C14H16N4O3. The zero-order valence-corrected chi connectivity index (χ0v) is 11.9. The third-order valence-electron chi connectivity index (χ3n) is 3.32. The Hall–Kier alpha value is -2.70. The Bertz CT molecular complexity index is 712. The van der Waals surface area contributed by atoms with E-state index in [0.717, 1.165) is 11.4 Å². The zero-order valence-electron chi connectivity index (χ0n) is 11.9. The van der Waals surface area contributed by atoms with E-state index in [2.05, 4.69) is 11.6 Å². The Kier molecular flexibility index (Phi) is 4.02. The molecule has 0 aliphatic heterocycles. The molecule has 7 nitrogen and oxygen atoms in total. The molecule has 0 unspecified atom stereocenters. The molecule has 0 radical (unpaired) electrons. The first kappa shape index (κ1) is 14.7. The number of hydrogen-bond acceptors (Lipinski definition) is 4. The number of nitrogens with zero attached hydrogens (tertiary/aromatic N) is 4. The molecule has 0 fully saturated rings. The van der Waals surface area contributed by atoms with E-state index in [1.807, 2.05) is 24.5 Å². The van der Waals surface area contributed by atoms with E-state index >= 15 is 0 Å². The summed E-state index contributed by atoms with van der Waals surface area (Å²) in [6, 6.07) is 1.83. The van der Waals surface area contributed by atoms with Gasteiger partial charge in [0.05, 0.1) is 6.54 Å². The molecule has 2 aromatic heterocycles. The van der Waals surface area contributed by atoms with Gasteiger partial charge in [-0.25, -0.2) is 0 Å².